The van der Waals surface area contributed by atoms with Gasteiger partial charge in [0.2, 0.25) is 5.84 Å². The maximum absolute atomic E-state index is 6.13. The van der Waals surface area contributed by atoms with E-state index in [1.54, 1.807) is 0 Å². The monoisotopic (exact) mass is 229 g/mol. The summed E-state index contributed by atoms with van der Waals surface area (Å²) in [6.07, 6.45) is 2.10. The third-order valence-electron chi connectivity index (χ3n) is 3.60. The molecule has 0 saturated carbocycles. The normalized spacial score (nSPS) is 23.0. The molecule has 3 N–H and O–H groups in total. The summed E-state index contributed by atoms with van der Waals surface area (Å²) in [6.45, 7) is 12.2. The number of hydrogen-bond donors (Lipinski definition) is 2. The van der Waals surface area contributed by atoms with E-state index in [0.717, 1.165) is 25.3 Å². The van der Waals surface area contributed by atoms with Gasteiger partial charge in [-0.25, -0.2) is 0 Å². The van der Waals surface area contributed by atoms with Gasteiger partial charge >= 0.3 is 0 Å². The first kappa shape index (κ1) is 12.7. The van der Waals surface area contributed by atoms with Crippen LogP contribution in [0.5, 0.6) is 0 Å². The zero-order valence-electron chi connectivity index (χ0n) is 10.7. The Morgan fingerprint density at radius 1 is 1.47 bits per heavy atom. The van der Waals surface area contributed by atoms with Crippen molar-refractivity contribution in [1.82, 2.24) is 0 Å². The summed E-state index contributed by atoms with van der Waals surface area (Å²) in [6, 6.07) is 0.430. The van der Waals surface area contributed by atoms with Crippen molar-refractivity contribution in [3.63, 3.8) is 0 Å². The minimum Gasteiger partial charge on any atom is -0.413 e. The average Bonchev–Trinajstić information content (AvgIpc) is 2.46. The molecule has 88 valence electrons. The number of amidine groups is 1. The van der Waals surface area contributed by atoms with E-state index in [4.69, 9.17) is 10.2 Å². The average molecular weight is 229 g/mol. The first-order valence-electron chi connectivity index (χ1n) is 5.74. The fourth-order valence-corrected chi connectivity index (χ4v) is 2.44. The largest absolute Gasteiger partial charge is 0.413 e. The quantitative estimate of drug-likeness (QED) is 0.697. The van der Waals surface area contributed by atoms with Gasteiger partial charge in [-0.1, -0.05) is 20.8 Å². The molecule has 1 heterocycles. The fraction of sp³-hybridized carbons (Fsp3) is 0.909. The highest BCUT2D eigenvalue weighted by atomic mass is 28.4. The molecule has 0 aromatic carbocycles. The maximum atomic E-state index is 6.13. The van der Waals surface area contributed by atoms with Crippen LogP contribution in [-0.4, -0.2) is 26.8 Å². The number of nitrogens with one attached hydrogen (secondary N) is 1. The van der Waals surface area contributed by atoms with Crippen molar-refractivity contribution >= 4 is 14.2 Å². The fourth-order valence-electron chi connectivity index (χ4n) is 1.39. The molecule has 0 aromatic rings. The minimum atomic E-state index is -1.58. The highest BCUT2D eigenvalue weighted by Gasteiger charge is 2.38. The standard InChI is InChI=1S/C11H24N2OSi/c1-11(2,3)15(4,5)14-8-9-6-7-10(12)13-9/h9H,6-8H2,1-5H3,(H2,12,13)/p+1. The van der Waals surface area contributed by atoms with Gasteiger partial charge in [0.1, 0.15) is 6.04 Å². The third-order valence-corrected chi connectivity index (χ3v) is 8.10. The Balaban J connectivity index is 2.43. The zero-order chi connectivity index (χ0) is 11.7. The van der Waals surface area contributed by atoms with Crippen LogP contribution < -0.4 is 10.7 Å². The van der Waals surface area contributed by atoms with Crippen LogP contribution in [0.25, 0.3) is 0 Å². The summed E-state index contributed by atoms with van der Waals surface area (Å²) in [7, 11) is -1.58. The molecule has 0 amide bonds. The second-order valence-electron chi connectivity index (χ2n) is 5.98. The molecule has 0 bridgehead atoms. The molecular formula is C11H25N2OSi+. The lowest BCUT2D eigenvalue weighted by Gasteiger charge is -2.36. The van der Waals surface area contributed by atoms with Crippen LogP contribution in [-0.2, 0) is 4.43 Å². The molecule has 1 atom stereocenters. The Morgan fingerprint density at radius 3 is 2.47 bits per heavy atom. The first-order valence-corrected chi connectivity index (χ1v) is 8.65. The molecular weight excluding hydrogens is 204 g/mol. The van der Waals surface area contributed by atoms with Gasteiger partial charge in [-0.3, -0.25) is 10.7 Å². The summed E-state index contributed by atoms with van der Waals surface area (Å²) in [5.41, 5.74) is 5.71. The molecule has 4 heteroatoms. The van der Waals surface area contributed by atoms with Gasteiger partial charge in [-0.15, -0.1) is 0 Å². The molecule has 0 spiro atoms. The Labute approximate surface area is 94.2 Å². The van der Waals surface area contributed by atoms with Gasteiger partial charge in [0.15, 0.2) is 8.32 Å². The predicted octanol–water partition coefficient (Wildman–Crippen LogP) is 0.608. The van der Waals surface area contributed by atoms with E-state index in [-0.39, 0.29) is 0 Å². The summed E-state index contributed by atoms with van der Waals surface area (Å²) in [4.78, 5) is 3.27. The van der Waals surface area contributed by atoms with Crippen LogP contribution in [0.1, 0.15) is 33.6 Å². The van der Waals surface area contributed by atoms with Gasteiger partial charge in [0.25, 0.3) is 0 Å². The van der Waals surface area contributed by atoms with Crippen molar-refractivity contribution in [1.29, 1.82) is 0 Å². The van der Waals surface area contributed by atoms with Crippen LogP contribution in [0.15, 0.2) is 0 Å². The summed E-state index contributed by atoms with van der Waals surface area (Å²) in [5, 5.41) is 0.293. The number of hydrogen-bond acceptors (Lipinski definition) is 2. The lowest BCUT2D eigenvalue weighted by atomic mass is 10.2. The van der Waals surface area contributed by atoms with E-state index in [2.05, 4.69) is 38.9 Å². The van der Waals surface area contributed by atoms with Crippen LogP contribution >= 0.6 is 0 Å². The summed E-state index contributed by atoms with van der Waals surface area (Å²) in [5.74, 6) is 0.916. The second-order valence-corrected chi connectivity index (χ2v) is 10.8. The van der Waals surface area contributed by atoms with Gasteiger partial charge in [0, 0.05) is 6.42 Å². The Kier molecular flexibility index (Phi) is 3.61. The summed E-state index contributed by atoms with van der Waals surface area (Å²) >= 11 is 0. The SMILES string of the molecule is CC(C)(C)[Si](C)(C)OCC1CCC(N)=[NH+]1. The van der Waals surface area contributed by atoms with E-state index in [1.807, 2.05) is 0 Å². The molecule has 15 heavy (non-hydrogen) atoms. The lowest BCUT2D eigenvalue weighted by Crippen LogP contribution is -2.79. The van der Waals surface area contributed by atoms with Gasteiger partial charge in [0.05, 0.1) is 13.0 Å². The van der Waals surface area contributed by atoms with Gasteiger partial charge in [-0.2, -0.15) is 0 Å². The van der Waals surface area contributed by atoms with Crippen molar-refractivity contribution in [2.75, 3.05) is 6.61 Å². The van der Waals surface area contributed by atoms with Crippen molar-refractivity contribution in [3.8, 4) is 0 Å². The third kappa shape index (κ3) is 3.31. The van der Waals surface area contributed by atoms with Crippen molar-refractivity contribution in [2.45, 2.75) is 57.8 Å². The molecule has 0 radical (unpaired) electrons. The summed E-state index contributed by atoms with van der Waals surface area (Å²) < 4.78 is 6.13. The Morgan fingerprint density at radius 2 is 2.07 bits per heavy atom. The van der Waals surface area contributed by atoms with E-state index in [0.29, 0.717) is 11.1 Å². The van der Waals surface area contributed by atoms with E-state index in [9.17, 15) is 0 Å². The highest BCUT2D eigenvalue weighted by Crippen LogP contribution is 2.36. The Hall–Kier alpha value is -0.353. The Bertz CT molecular complexity index is 256. The van der Waals surface area contributed by atoms with Crippen LogP contribution in [0, 0.1) is 0 Å². The topological polar surface area (TPSA) is 49.2 Å². The number of rotatable bonds is 3. The van der Waals surface area contributed by atoms with Gasteiger partial charge in [-0.05, 0) is 18.1 Å². The molecule has 0 fully saturated rings. The van der Waals surface area contributed by atoms with Crippen molar-refractivity contribution < 1.29 is 9.42 Å². The van der Waals surface area contributed by atoms with E-state index < -0.39 is 8.32 Å². The molecule has 1 aliphatic heterocycles. The van der Waals surface area contributed by atoms with Crippen LogP contribution in [0.3, 0.4) is 0 Å². The predicted molar refractivity (Wildman–Crippen MR) is 66.3 cm³/mol. The first-order chi connectivity index (χ1) is 6.72. The van der Waals surface area contributed by atoms with E-state index in [1.165, 1.54) is 0 Å². The molecule has 1 unspecified atom stereocenters. The minimum absolute atomic E-state index is 0.293. The smallest absolute Gasteiger partial charge is 0.240 e. The molecule has 0 aromatic heterocycles. The molecule has 0 aliphatic carbocycles. The molecule has 0 saturated heterocycles. The molecule has 3 nitrogen and oxygen atoms in total. The second kappa shape index (κ2) is 4.26. The van der Waals surface area contributed by atoms with Gasteiger partial charge < -0.3 is 4.43 Å². The molecule has 1 aliphatic rings. The molecule has 1 rings (SSSR count). The maximum Gasteiger partial charge on any atom is 0.240 e. The lowest BCUT2D eigenvalue weighted by molar-refractivity contribution is -0.497. The highest BCUT2D eigenvalue weighted by molar-refractivity contribution is 6.74. The van der Waals surface area contributed by atoms with E-state index >= 15 is 0 Å². The van der Waals surface area contributed by atoms with Crippen LogP contribution in [0.4, 0.5) is 0 Å². The van der Waals surface area contributed by atoms with Crippen molar-refractivity contribution in [3.05, 3.63) is 0 Å². The van der Waals surface area contributed by atoms with Crippen LogP contribution in [0.2, 0.25) is 18.1 Å². The van der Waals surface area contributed by atoms with Crippen molar-refractivity contribution in [2.24, 2.45) is 5.73 Å². The zero-order valence-corrected chi connectivity index (χ0v) is 11.7. The number of nitrogens with two attached hydrogens (primary N) is 1.